The van der Waals surface area contributed by atoms with Gasteiger partial charge in [0.15, 0.2) is 0 Å². The summed E-state index contributed by atoms with van der Waals surface area (Å²) in [4.78, 5) is 18.9. The van der Waals surface area contributed by atoms with E-state index in [9.17, 15) is 18.0 Å². The molecule has 4 rings (SSSR count). The van der Waals surface area contributed by atoms with Crippen molar-refractivity contribution in [2.45, 2.75) is 25.9 Å². The summed E-state index contributed by atoms with van der Waals surface area (Å²) in [5, 5.41) is 0. The zero-order valence-electron chi connectivity index (χ0n) is 15.8. The van der Waals surface area contributed by atoms with Crippen LogP contribution >= 0.6 is 0 Å². The zero-order valence-corrected chi connectivity index (χ0v) is 15.8. The second kappa shape index (κ2) is 7.28. The maximum Gasteiger partial charge on any atom is 0.416 e. The van der Waals surface area contributed by atoms with Gasteiger partial charge in [0, 0.05) is 31.0 Å². The number of hydrogen-bond donors (Lipinski definition) is 0. The van der Waals surface area contributed by atoms with E-state index >= 15 is 0 Å². The molecule has 1 aromatic carbocycles. The smallest absolute Gasteiger partial charge is 0.339 e. The summed E-state index contributed by atoms with van der Waals surface area (Å²) in [6.07, 6.45) is 1.14. The summed E-state index contributed by atoms with van der Waals surface area (Å²) in [5.74, 6) is 5.61. The van der Waals surface area contributed by atoms with Gasteiger partial charge >= 0.3 is 6.18 Å². The fourth-order valence-corrected chi connectivity index (χ4v) is 3.46. The number of fused-ring (bicyclic) bond motifs is 1. The minimum absolute atomic E-state index is 0.0272. The van der Waals surface area contributed by atoms with Crippen molar-refractivity contribution in [3.05, 3.63) is 70.8 Å². The number of rotatable bonds is 1. The minimum atomic E-state index is -4.42. The molecule has 0 spiro atoms. The molecule has 1 fully saturated rings. The van der Waals surface area contributed by atoms with Gasteiger partial charge < -0.3 is 9.30 Å². The van der Waals surface area contributed by atoms with Gasteiger partial charge in [0.1, 0.15) is 5.69 Å². The molecule has 3 heterocycles. The highest BCUT2D eigenvalue weighted by Gasteiger charge is 2.30. The van der Waals surface area contributed by atoms with Crippen LogP contribution in [0.5, 0.6) is 0 Å². The van der Waals surface area contributed by atoms with Crippen LogP contribution in [0.1, 0.15) is 45.7 Å². The molecule has 1 amide bonds. The van der Waals surface area contributed by atoms with Crippen molar-refractivity contribution < 1.29 is 18.0 Å². The molecule has 0 radical (unpaired) electrons. The van der Waals surface area contributed by atoms with Gasteiger partial charge in [-0.25, -0.2) is 4.98 Å². The highest BCUT2D eigenvalue weighted by molar-refractivity contribution is 5.96. The van der Waals surface area contributed by atoms with Crippen LogP contribution in [0.25, 0.3) is 5.52 Å². The first-order valence-electron chi connectivity index (χ1n) is 9.29. The molecule has 1 aliphatic heterocycles. The third kappa shape index (κ3) is 3.97. The number of amides is 1. The lowest BCUT2D eigenvalue weighted by atomic mass is 10.1. The van der Waals surface area contributed by atoms with E-state index < -0.39 is 11.7 Å². The van der Waals surface area contributed by atoms with Crippen LogP contribution in [-0.2, 0) is 6.18 Å². The number of hydrogen-bond acceptors (Lipinski definition) is 2. The molecule has 148 valence electrons. The van der Waals surface area contributed by atoms with E-state index in [-0.39, 0.29) is 11.5 Å². The highest BCUT2D eigenvalue weighted by Crippen LogP contribution is 2.29. The summed E-state index contributed by atoms with van der Waals surface area (Å²) >= 11 is 0. The number of benzene rings is 1. The van der Waals surface area contributed by atoms with Crippen molar-refractivity contribution in [2.24, 2.45) is 0 Å². The van der Waals surface area contributed by atoms with Crippen molar-refractivity contribution in [1.82, 2.24) is 14.3 Å². The number of alkyl halides is 3. The second-order valence-corrected chi connectivity index (χ2v) is 7.08. The van der Waals surface area contributed by atoms with E-state index in [2.05, 4.69) is 16.8 Å². The van der Waals surface area contributed by atoms with Crippen molar-refractivity contribution in [3.8, 4) is 11.8 Å². The van der Waals surface area contributed by atoms with Crippen molar-refractivity contribution in [2.75, 3.05) is 13.1 Å². The molecule has 0 bridgehead atoms. The van der Waals surface area contributed by atoms with Gasteiger partial charge in [0.2, 0.25) is 0 Å². The minimum Gasteiger partial charge on any atom is -0.339 e. The van der Waals surface area contributed by atoms with Crippen LogP contribution in [0.3, 0.4) is 0 Å². The van der Waals surface area contributed by atoms with E-state index in [1.54, 1.807) is 29.8 Å². The molecule has 7 heteroatoms. The number of aryl methyl sites for hydroxylation is 1. The van der Waals surface area contributed by atoms with Crippen molar-refractivity contribution >= 4 is 11.4 Å². The third-order valence-corrected chi connectivity index (χ3v) is 4.86. The topological polar surface area (TPSA) is 37.6 Å². The normalized spacial score (nSPS) is 14.1. The lowest BCUT2D eigenvalue weighted by molar-refractivity contribution is -0.137. The Morgan fingerprint density at radius 2 is 1.86 bits per heavy atom. The lowest BCUT2D eigenvalue weighted by Crippen LogP contribution is -2.27. The van der Waals surface area contributed by atoms with Gasteiger partial charge in [-0.3, -0.25) is 4.79 Å². The molecule has 0 N–H and O–H groups in total. The Kier molecular flexibility index (Phi) is 4.79. The Balaban J connectivity index is 1.71. The van der Waals surface area contributed by atoms with Crippen LogP contribution in [0.2, 0.25) is 0 Å². The van der Waals surface area contributed by atoms with Crippen molar-refractivity contribution in [3.63, 3.8) is 0 Å². The second-order valence-electron chi connectivity index (χ2n) is 7.08. The molecule has 4 nitrogen and oxygen atoms in total. The van der Waals surface area contributed by atoms with Crippen LogP contribution < -0.4 is 0 Å². The Labute approximate surface area is 166 Å². The number of aromatic nitrogens is 2. The van der Waals surface area contributed by atoms with Crippen LogP contribution in [0.15, 0.2) is 42.7 Å². The molecular weight excluding hydrogens is 379 g/mol. The van der Waals surface area contributed by atoms with Crippen LogP contribution in [0.4, 0.5) is 13.2 Å². The van der Waals surface area contributed by atoms with Gasteiger partial charge in [-0.15, -0.1) is 0 Å². The Bertz CT molecular complexity index is 1150. The first-order valence-corrected chi connectivity index (χ1v) is 9.29. The van der Waals surface area contributed by atoms with Gasteiger partial charge in [0.05, 0.1) is 22.3 Å². The van der Waals surface area contributed by atoms with Gasteiger partial charge in [-0.05, 0) is 50.0 Å². The molecule has 1 aliphatic rings. The number of likely N-dealkylation sites (tertiary alicyclic amines) is 1. The predicted molar refractivity (Wildman–Crippen MR) is 102 cm³/mol. The maximum atomic E-state index is 12.9. The van der Waals surface area contributed by atoms with Crippen molar-refractivity contribution in [1.29, 1.82) is 0 Å². The fourth-order valence-electron chi connectivity index (χ4n) is 3.46. The first kappa shape index (κ1) is 19.1. The summed E-state index contributed by atoms with van der Waals surface area (Å²) < 4.78 is 40.5. The predicted octanol–water partition coefficient (Wildman–Crippen LogP) is 4.30. The lowest BCUT2D eigenvalue weighted by Gasteiger charge is -2.13. The van der Waals surface area contributed by atoms with Gasteiger partial charge in [0.25, 0.3) is 5.91 Å². The number of carbonyl (C=O) groups excluding carboxylic acids is 1. The molecule has 0 unspecified atom stereocenters. The van der Waals surface area contributed by atoms with E-state index in [1.165, 1.54) is 12.1 Å². The molecule has 29 heavy (non-hydrogen) atoms. The summed E-state index contributed by atoms with van der Waals surface area (Å²) in [5.41, 5.74) is 1.83. The van der Waals surface area contributed by atoms with Crippen LogP contribution in [-0.4, -0.2) is 33.3 Å². The van der Waals surface area contributed by atoms with E-state index in [1.807, 2.05) is 4.90 Å². The summed E-state index contributed by atoms with van der Waals surface area (Å²) in [6.45, 7) is 3.31. The van der Waals surface area contributed by atoms with E-state index in [0.29, 0.717) is 22.5 Å². The molecule has 0 atom stereocenters. The van der Waals surface area contributed by atoms with Crippen LogP contribution in [0, 0.1) is 18.8 Å². The standard InChI is InChI=1S/C22H18F3N3O/c1-15-13-28-14-17(21(29)27-9-2-3-10-27)12-20(28)19(26-15)8-7-16-5-4-6-18(11-16)22(23,24)25/h4-6,11-14H,2-3,9-10H2,1H3. The summed E-state index contributed by atoms with van der Waals surface area (Å²) in [7, 11) is 0. The average molecular weight is 397 g/mol. The number of halogens is 3. The monoisotopic (exact) mass is 397 g/mol. The largest absolute Gasteiger partial charge is 0.416 e. The molecule has 2 aromatic heterocycles. The van der Waals surface area contributed by atoms with Gasteiger partial charge in [-0.1, -0.05) is 12.0 Å². The van der Waals surface area contributed by atoms with E-state index in [4.69, 9.17) is 0 Å². The fraction of sp³-hybridized carbons (Fsp3) is 0.273. The Hall–Kier alpha value is -3.27. The quantitative estimate of drug-likeness (QED) is 0.575. The Morgan fingerprint density at radius 3 is 2.59 bits per heavy atom. The Morgan fingerprint density at radius 1 is 1.10 bits per heavy atom. The highest BCUT2D eigenvalue weighted by atomic mass is 19.4. The summed E-state index contributed by atoms with van der Waals surface area (Å²) in [6, 6.07) is 6.62. The molecular formula is C22H18F3N3O. The molecule has 0 aliphatic carbocycles. The zero-order chi connectivity index (χ0) is 20.6. The number of carbonyl (C=O) groups is 1. The third-order valence-electron chi connectivity index (χ3n) is 4.86. The first-order chi connectivity index (χ1) is 13.8. The van der Waals surface area contributed by atoms with Gasteiger partial charge in [-0.2, -0.15) is 13.2 Å². The number of nitrogens with zero attached hydrogens (tertiary/aromatic N) is 3. The molecule has 0 saturated carbocycles. The SMILES string of the molecule is Cc1cn2cc(C(=O)N3CCCC3)cc2c(C#Cc2cccc(C(F)(F)F)c2)n1. The average Bonchev–Trinajstić information content (AvgIpc) is 3.35. The maximum absolute atomic E-state index is 12.9. The molecule has 1 saturated heterocycles. The molecule has 3 aromatic rings. The van der Waals surface area contributed by atoms with E-state index in [0.717, 1.165) is 38.1 Å².